The van der Waals surface area contributed by atoms with Gasteiger partial charge in [0.05, 0.1) is 18.8 Å². The van der Waals surface area contributed by atoms with Crippen LogP contribution in [0.2, 0.25) is 5.02 Å². The summed E-state index contributed by atoms with van der Waals surface area (Å²) in [6, 6.07) is 8.03. The SMILES string of the molecule is CC[N+]1=C(n2nc(C)cc2C)N=C2C1C(=O)N(Cc1cccc(Cl)c1)C(=O)N2C. The number of amidine groups is 1. The van der Waals surface area contributed by atoms with Gasteiger partial charge >= 0.3 is 12.0 Å². The first kappa shape index (κ1) is 19.3. The van der Waals surface area contributed by atoms with Crippen LogP contribution in [0.1, 0.15) is 23.9 Å². The predicted octanol–water partition coefficient (Wildman–Crippen LogP) is 2.26. The lowest BCUT2D eigenvalue weighted by molar-refractivity contribution is -0.534. The molecule has 0 aliphatic carbocycles. The number of halogens is 1. The van der Waals surface area contributed by atoms with Crippen molar-refractivity contribution in [3.05, 3.63) is 52.3 Å². The molecule has 1 aromatic heterocycles. The molecule has 2 aliphatic heterocycles. The minimum absolute atomic E-state index is 0.152. The Kier molecular flexibility index (Phi) is 4.74. The second-order valence-electron chi connectivity index (χ2n) is 7.19. The van der Waals surface area contributed by atoms with E-state index in [2.05, 4.69) is 10.1 Å². The molecular weight excluding hydrogens is 392 g/mol. The fourth-order valence-electron chi connectivity index (χ4n) is 3.79. The summed E-state index contributed by atoms with van der Waals surface area (Å²) in [5.74, 6) is 0.674. The Morgan fingerprint density at radius 2 is 1.97 bits per heavy atom. The average molecular weight is 414 g/mol. The molecule has 3 amide bonds. The van der Waals surface area contributed by atoms with Crippen molar-refractivity contribution in [3.8, 4) is 0 Å². The zero-order valence-corrected chi connectivity index (χ0v) is 17.5. The van der Waals surface area contributed by atoms with E-state index in [0.717, 1.165) is 17.0 Å². The molecule has 0 saturated carbocycles. The number of carbonyl (C=O) groups excluding carboxylic acids is 2. The van der Waals surface area contributed by atoms with Crippen molar-refractivity contribution >= 4 is 35.3 Å². The molecule has 1 fully saturated rings. The van der Waals surface area contributed by atoms with Crippen LogP contribution >= 0.6 is 11.6 Å². The van der Waals surface area contributed by atoms with Crippen LogP contribution in [0.25, 0.3) is 0 Å². The van der Waals surface area contributed by atoms with E-state index in [4.69, 9.17) is 11.6 Å². The van der Waals surface area contributed by atoms with E-state index in [1.54, 1.807) is 29.9 Å². The van der Waals surface area contributed by atoms with E-state index in [9.17, 15) is 9.59 Å². The third kappa shape index (κ3) is 3.13. The predicted molar refractivity (Wildman–Crippen MR) is 109 cm³/mol. The number of aliphatic imine (C=N–C) groups is 1. The van der Waals surface area contributed by atoms with Gasteiger partial charge < -0.3 is 0 Å². The van der Waals surface area contributed by atoms with Crippen molar-refractivity contribution in [2.45, 2.75) is 33.4 Å². The second kappa shape index (κ2) is 7.11. The maximum absolute atomic E-state index is 13.4. The van der Waals surface area contributed by atoms with E-state index in [1.165, 1.54) is 9.80 Å². The number of aromatic nitrogens is 2. The van der Waals surface area contributed by atoms with Gasteiger partial charge in [-0.25, -0.2) is 9.37 Å². The molecule has 3 heterocycles. The molecule has 1 aromatic carbocycles. The number of carbonyl (C=O) groups is 2. The molecule has 2 aliphatic rings. The van der Waals surface area contributed by atoms with Crippen LogP contribution in [-0.2, 0) is 11.3 Å². The lowest BCUT2D eigenvalue weighted by atomic mass is 10.1. The number of amides is 3. The third-order valence-electron chi connectivity index (χ3n) is 5.16. The number of imide groups is 1. The number of urea groups is 1. The van der Waals surface area contributed by atoms with E-state index in [1.807, 2.05) is 37.5 Å². The molecule has 0 spiro atoms. The molecule has 0 bridgehead atoms. The maximum atomic E-state index is 13.4. The van der Waals surface area contributed by atoms with Gasteiger partial charge in [-0.15, -0.1) is 9.78 Å². The standard InChI is InChI=1S/C20H22ClN6O2/c1-5-25-16-17(22-19(25)27-13(3)9-12(2)23-27)24(4)20(29)26(18(16)28)11-14-7-6-8-15(21)10-14/h6-10,16H,5,11H2,1-4H3/q+1. The quantitative estimate of drug-likeness (QED) is 0.724. The smallest absolute Gasteiger partial charge is 0.270 e. The summed E-state index contributed by atoms with van der Waals surface area (Å²) in [7, 11) is 1.64. The molecule has 8 nitrogen and oxygen atoms in total. The largest absolute Gasteiger partial charge is 0.421 e. The Balaban J connectivity index is 1.75. The lowest BCUT2D eigenvalue weighted by Crippen LogP contribution is -2.62. The molecule has 150 valence electrons. The summed E-state index contributed by atoms with van der Waals surface area (Å²) in [4.78, 5) is 33.6. The first-order chi connectivity index (χ1) is 13.8. The Morgan fingerprint density at radius 3 is 2.59 bits per heavy atom. The summed E-state index contributed by atoms with van der Waals surface area (Å²) >= 11 is 6.06. The third-order valence-corrected chi connectivity index (χ3v) is 5.39. The van der Waals surface area contributed by atoms with E-state index in [-0.39, 0.29) is 12.5 Å². The maximum Gasteiger partial charge on any atom is 0.421 e. The van der Waals surface area contributed by atoms with Crippen LogP contribution in [-0.4, -0.2) is 67.5 Å². The van der Waals surface area contributed by atoms with Crippen LogP contribution in [0.5, 0.6) is 0 Å². The molecule has 1 unspecified atom stereocenters. The van der Waals surface area contributed by atoms with Gasteiger partial charge in [0.15, 0.2) is 0 Å². The van der Waals surface area contributed by atoms with Crippen LogP contribution in [0.3, 0.4) is 0 Å². The van der Waals surface area contributed by atoms with Crippen molar-refractivity contribution < 1.29 is 14.2 Å². The van der Waals surface area contributed by atoms with Gasteiger partial charge in [0.25, 0.3) is 5.91 Å². The van der Waals surface area contributed by atoms with Crippen molar-refractivity contribution in [2.75, 3.05) is 13.6 Å². The zero-order valence-electron chi connectivity index (χ0n) is 16.8. The Morgan fingerprint density at radius 1 is 1.21 bits per heavy atom. The molecular formula is C20H22ClN6O2+. The van der Waals surface area contributed by atoms with Crippen molar-refractivity contribution in [1.29, 1.82) is 0 Å². The van der Waals surface area contributed by atoms with Gasteiger partial charge in [-0.1, -0.05) is 28.7 Å². The van der Waals surface area contributed by atoms with E-state index < -0.39 is 12.1 Å². The number of nitrogens with zero attached hydrogens (tertiary/aromatic N) is 6. The molecule has 1 atom stereocenters. The van der Waals surface area contributed by atoms with Gasteiger partial charge in [-0.3, -0.25) is 14.6 Å². The monoisotopic (exact) mass is 413 g/mol. The van der Waals surface area contributed by atoms with Crippen LogP contribution in [0.15, 0.2) is 35.3 Å². The van der Waals surface area contributed by atoms with Crippen LogP contribution < -0.4 is 0 Å². The zero-order chi connectivity index (χ0) is 20.9. The fourth-order valence-corrected chi connectivity index (χ4v) is 4.01. The average Bonchev–Trinajstić information content (AvgIpc) is 3.22. The normalized spacial score (nSPS) is 19.2. The molecule has 0 radical (unpaired) electrons. The highest BCUT2D eigenvalue weighted by molar-refractivity contribution is 6.30. The molecule has 1 saturated heterocycles. The first-order valence-electron chi connectivity index (χ1n) is 9.41. The number of rotatable bonds is 3. The van der Waals surface area contributed by atoms with E-state index >= 15 is 0 Å². The number of fused-ring (bicyclic) bond motifs is 1. The summed E-state index contributed by atoms with van der Waals surface area (Å²) in [6.07, 6.45) is 0. The van der Waals surface area contributed by atoms with Crippen molar-refractivity contribution in [1.82, 2.24) is 19.6 Å². The van der Waals surface area contributed by atoms with E-state index in [0.29, 0.717) is 23.4 Å². The first-order valence-corrected chi connectivity index (χ1v) is 9.79. The van der Waals surface area contributed by atoms with Gasteiger partial charge in [-0.05, 0) is 44.5 Å². The van der Waals surface area contributed by atoms with Crippen molar-refractivity contribution in [2.24, 2.45) is 4.99 Å². The summed E-state index contributed by atoms with van der Waals surface area (Å²) in [6.45, 7) is 6.49. The number of hydrogen-bond acceptors (Lipinski definition) is 4. The molecule has 4 rings (SSSR count). The minimum Gasteiger partial charge on any atom is -0.270 e. The highest BCUT2D eigenvalue weighted by Crippen LogP contribution is 2.23. The van der Waals surface area contributed by atoms with Gasteiger partial charge in [0, 0.05) is 12.1 Å². The highest BCUT2D eigenvalue weighted by atomic mass is 35.5. The fraction of sp³-hybridized carbons (Fsp3) is 0.350. The summed E-state index contributed by atoms with van der Waals surface area (Å²) < 4.78 is 3.60. The Hall–Kier alpha value is -3.00. The van der Waals surface area contributed by atoms with Crippen molar-refractivity contribution in [3.63, 3.8) is 0 Å². The lowest BCUT2D eigenvalue weighted by Gasteiger charge is -2.34. The Labute approximate surface area is 173 Å². The minimum atomic E-state index is -0.666. The molecule has 29 heavy (non-hydrogen) atoms. The second-order valence-corrected chi connectivity index (χ2v) is 7.63. The molecule has 9 heteroatoms. The van der Waals surface area contributed by atoms with Gasteiger partial charge in [0.1, 0.15) is 5.69 Å². The molecule has 2 aromatic rings. The number of benzene rings is 1. The highest BCUT2D eigenvalue weighted by Gasteiger charge is 2.52. The Bertz CT molecular complexity index is 1090. The number of hydrogen-bond donors (Lipinski definition) is 0. The van der Waals surface area contributed by atoms with Crippen LogP contribution in [0.4, 0.5) is 4.79 Å². The number of likely N-dealkylation sites (N-methyl/N-ethyl adjacent to an activating group) is 2. The number of aryl methyl sites for hydroxylation is 2. The van der Waals surface area contributed by atoms with Gasteiger partial charge in [0.2, 0.25) is 11.9 Å². The summed E-state index contributed by atoms with van der Waals surface area (Å²) in [5, 5.41) is 5.06. The van der Waals surface area contributed by atoms with Gasteiger partial charge in [-0.2, -0.15) is 0 Å². The topological polar surface area (TPSA) is 73.8 Å². The summed E-state index contributed by atoms with van der Waals surface area (Å²) in [5.41, 5.74) is 2.56. The van der Waals surface area contributed by atoms with Crippen LogP contribution in [0, 0.1) is 13.8 Å². The molecule has 0 N–H and O–H groups in total.